The molecule has 5 aromatic rings. The first-order valence-electron chi connectivity index (χ1n) is 10.8. The Morgan fingerprint density at radius 1 is 1.00 bits per heavy atom. The number of anilines is 2. The minimum atomic E-state index is -3.78. The largest absolute Gasteiger partial charge is 0.459 e. The fraction of sp³-hybridized carbons (Fsp3) is 0.120. The average molecular weight is 490 g/mol. The molecule has 0 atom stereocenters. The molecule has 10 heteroatoms. The summed E-state index contributed by atoms with van der Waals surface area (Å²) >= 11 is 0. The van der Waals surface area contributed by atoms with E-state index in [0.717, 1.165) is 26.2 Å². The van der Waals surface area contributed by atoms with Gasteiger partial charge in [0.25, 0.3) is 5.91 Å². The van der Waals surface area contributed by atoms with Gasteiger partial charge >= 0.3 is 0 Å². The Morgan fingerprint density at radius 2 is 1.83 bits per heavy atom. The summed E-state index contributed by atoms with van der Waals surface area (Å²) in [6, 6.07) is 19.4. The number of aromatic nitrogens is 2. The van der Waals surface area contributed by atoms with Crippen LogP contribution in [0.5, 0.6) is 0 Å². The Labute approximate surface area is 201 Å². The second-order valence-corrected chi connectivity index (χ2v) is 10.4. The van der Waals surface area contributed by atoms with Gasteiger partial charge in [0.2, 0.25) is 10.0 Å². The number of sulfonamides is 1. The number of hydrogen-bond acceptors (Lipinski definition) is 6. The number of aromatic amines is 1. The van der Waals surface area contributed by atoms with E-state index < -0.39 is 15.9 Å². The Kier molecular flexibility index (Phi) is 5.75. The van der Waals surface area contributed by atoms with Crippen LogP contribution in [0, 0.1) is 0 Å². The number of para-hydroxylation sites is 1. The summed E-state index contributed by atoms with van der Waals surface area (Å²) < 4.78 is 32.7. The maximum atomic E-state index is 13.1. The molecule has 0 aliphatic rings. The fourth-order valence-corrected chi connectivity index (χ4v) is 4.70. The number of benzene rings is 3. The second-order valence-electron chi connectivity index (χ2n) is 8.26. The van der Waals surface area contributed by atoms with Crippen molar-refractivity contribution in [1.82, 2.24) is 14.5 Å². The van der Waals surface area contributed by atoms with Gasteiger partial charge < -0.3 is 15.1 Å². The molecule has 9 nitrogen and oxygen atoms in total. The number of H-pyrrole nitrogens is 1. The number of fused-ring (bicyclic) bond motifs is 2. The van der Waals surface area contributed by atoms with Gasteiger partial charge in [-0.05, 0) is 48.5 Å². The molecular formula is C25H23N5O4S. The van der Waals surface area contributed by atoms with Gasteiger partial charge in [-0.15, -0.1) is 0 Å². The molecule has 0 spiro atoms. The Hall–Kier alpha value is -4.15. The Bertz CT molecular complexity index is 1620. The summed E-state index contributed by atoms with van der Waals surface area (Å²) in [5, 5.41) is 14.7. The lowest BCUT2D eigenvalue weighted by atomic mass is 10.1. The third-order valence-corrected chi connectivity index (χ3v) is 7.38. The number of nitrogens with one attached hydrogen (secondary N) is 3. The summed E-state index contributed by atoms with van der Waals surface area (Å²) in [5.41, 5.74) is 2.78. The minimum absolute atomic E-state index is 0.00581. The van der Waals surface area contributed by atoms with Crippen molar-refractivity contribution in [3.05, 3.63) is 84.3 Å². The predicted molar refractivity (Wildman–Crippen MR) is 135 cm³/mol. The van der Waals surface area contributed by atoms with Crippen LogP contribution in [0.1, 0.15) is 16.1 Å². The molecule has 0 fully saturated rings. The molecule has 178 valence electrons. The number of furan rings is 1. The van der Waals surface area contributed by atoms with Crippen molar-refractivity contribution >= 4 is 49.2 Å². The topological polar surface area (TPSA) is 120 Å². The van der Waals surface area contributed by atoms with Crippen molar-refractivity contribution in [3.63, 3.8) is 0 Å². The van der Waals surface area contributed by atoms with Crippen molar-refractivity contribution in [2.75, 3.05) is 24.7 Å². The highest BCUT2D eigenvalue weighted by Gasteiger charge is 2.21. The molecule has 0 unspecified atom stereocenters. The standard InChI is InChI=1S/C25H23N5O4S/c1-30(2)35(32,33)22-11-18(25(31)28-19-8-7-17-14-27-29-23(17)13-19)9-20(12-22)26-15-21-10-16-5-3-4-6-24(16)34-21/h3-14,26H,15H2,1-2H3,(H,27,29)(H,28,31). The SMILES string of the molecule is CN(C)S(=O)(=O)c1cc(NCc2cc3ccccc3o2)cc(C(=O)Nc2ccc3cn[nH]c3c2)c1. The van der Waals surface area contributed by atoms with E-state index in [-0.39, 0.29) is 10.5 Å². The summed E-state index contributed by atoms with van der Waals surface area (Å²) in [4.78, 5) is 13.1. The molecule has 0 bridgehead atoms. The highest BCUT2D eigenvalue weighted by molar-refractivity contribution is 7.89. The summed E-state index contributed by atoms with van der Waals surface area (Å²) in [7, 11) is -0.881. The molecule has 0 saturated carbocycles. The number of hydrogen-bond donors (Lipinski definition) is 3. The van der Waals surface area contributed by atoms with Gasteiger partial charge in [0.05, 0.1) is 23.2 Å². The van der Waals surface area contributed by atoms with Gasteiger partial charge in [-0.3, -0.25) is 9.89 Å². The van der Waals surface area contributed by atoms with Crippen LogP contribution in [0.4, 0.5) is 11.4 Å². The Balaban J connectivity index is 1.44. The van der Waals surface area contributed by atoms with Crippen LogP contribution in [0.25, 0.3) is 21.9 Å². The third-order valence-electron chi connectivity index (χ3n) is 5.59. The smallest absolute Gasteiger partial charge is 0.255 e. The van der Waals surface area contributed by atoms with Crippen molar-refractivity contribution in [2.45, 2.75) is 11.4 Å². The molecular weight excluding hydrogens is 466 g/mol. The number of rotatable bonds is 7. The highest BCUT2D eigenvalue weighted by atomic mass is 32.2. The van der Waals surface area contributed by atoms with Crippen LogP contribution in [0.2, 0.25) is 0 Å². The zero-order valence-electron chi connectivity index (χ0n) is 19.1. The zero-order valence-corrected chi connectivity index (χ0v) is 19.9. The number of nitrogens with zero attached hydrogens (tertiary/aromatic N) is 2. The van der Waals surface area contributed by atoms with Gasteiger partial charge in [0.15, 0.2) is 0 Å². The summed E-state index contributed by atoms with van der Waals surface area (Å²) in [6.07, 6.45) is 1.69. The fourth-order valence-electron chi connectivity index (χ4n) is 3.72. The first-order valence-corrected chi connectivity index (χ1v) is 12.3. The van der Waals surface area contributed by atoms with Crippen LogP contribution >= 0.6 is 0 Å². The van der Waals surface area contributed by atoms with E-state index in [0.29, 0.717) is 23.7 Å². The first-order chi connectivity index (χ1) is 16.8. The normalized spacial score (nSPS) is 11.9. The molecule has 0 radical (unpaired) electrons. The van der Waals surface area contributed by atoms with Crippen LogP contribution in [-0.4, -0.2) is 42.9 Å². The van der Waals surface area contributed by atoms with Crippen LogP contribution < -0.4 is 10.6 Å². The molecule has 1 amide bonds. The molecule has 5 rings (SSSR count). The number of carbonyl (C=O) groups excluding carboxylic acids is 1. The average Bonchev–Trinajstić information content (AvgIpc) is 3.48. The maximum absolute atomic E-state index is 13.1. The molecule has 2 aromatic heterocycles. The maximum Gasteiger partial charge on any atom is 0.255 e. The molecule has 0 aliphatic heterocycles. The van der Waals surface area contributed by atoms with E-state index >= 15 is 0 Å². The van der Waals surface area contributed by atoms with Crippen molar-refractivity contribution in [3.8, 4) is 0 Å². The minimum Gasteiger partial charge on any atom is -0.459 e. The van der Waals surface area contributed by atoms with Crippen molar-refractivity contribution in [2.24, 2.45) is 0 Å². The predicted octanol–water partition coefficient (Wildman–Crippen LogP) is 4.42. The quantitative estimate of drug-likeness (QED) is 0.311. The molecule has 0 aliphatic carbocycles. The van der Waals surface area contributed by atoms with Gasteiger partial charge in [-0.2, -0.15) is 5.10 Å². The summed E-state index contributed by atoms with van der Waals surface area (Å²) in [6.45, 7) is 0.317. The van der Waals surface area contributed by atoms with Gasteiger partial charge in [0, 0.05) is 41.8 Å². The lowest BCUT2D eigenvalue weighted by Crippen LogP contribution is -2.23. The lowest BCUT2D eigenvalue weighted by molar-refractivity contribution is 0.102. The van der Waals surface area contributed by atoms with Crippen LogP contribution in [0.3, 0.4) is 0 Å². The first kappa shape index (κ1) is 22.6. The Morgan fingerprint density at radius 3 is 2.63 bits per heavy atom. The van der Waals surface area contributed by atoms with Gasteiger partial charge in [0.1, 0.15) is 11.3 Å². The summed E-state index contributed by atoms with van der Waals surface area (Å²) in [5.74, 6) is 0.248. The molecule has 2 heterocycles. The van der Waals surface area contributed by atoms with Gasteiger partial charge in [-0.1, -0.05) is 18.2 Å². The molecule has 35 heavy (non-hydrogen) atoms. The van der Waals surface area contributed by atoms with Crippen molar-refractivity contribution < 1.29 is 17.6 Å². The lowest BCUT2D eigenvalue weighted by Gasteiger charge is -2.15. The third kappa shape index (κ3) is 4.61. The molecule has 3 aromatic carbocycles. The molecule has 3 N–H and O–H groups in total. The number of carbonyl (C=O) groups is 1. The van der Waals surface area contributed by atoms with E-state index in [1.165, 1.54) is 26.2 Å². The van der Waals surface area contributed by atoms with Gasteiger partial charge in [-0.25, -0.2) is 12.7 Å². The van der Waals surface area contributed by atoms with E-state index in [1.54, 1.807) is 24.4 Å². The van der Waals surface area contributed by atoms with Crippen LogP contribution in [-0.2, 0) is 16.6 Å². The van der Waals surface area contributed by atoms with Crippen molar-refractivity contribution in [1.29, 1.82) is 0 Å². The number of amides is 1. The van der Waals surface area contributed by atoms with E-state index in [4.69, 9.17) is 4.42 Å². The zero-order chi connectivity index (χ0) is 24.6. The van der Waals surface area contributed by atoms with Crippen LogP contribution in [0.15, 0.2) is 82.2 Å². The van der Waals surface area contributed by atoms with E-state index in [1.807, 2.05) is 36.4 Å². The van der Waals surface area contributed by atoms with E-state index in [2.05, 4.69) is 20.8 Å². The molecule has 0 saturated heterocycles. The second kappa shape index (κ2) is 8.90. The monoisotopic (exact) mass is 489 g/mol. The highest BCUT2D eigenvalue weighted by Crippen LogP contribution is 2.25. The van der Waals surface area contributed by atoms with E-state index in [9.17, 15) is 13.2 Å².